The Morgan fingerprint density at radius 1 is 1.33 bits per heavy atom. The minimum Gasteiger partial charge on any atom is -0.453 e. The zero-order chi connectivity index (χ0) is 15.4. The van der Waals surface area contributed by atoms with Gasteiger partial charge >= 0.3 is 0 Å². The Morgan fingerprint density at radius 3 is 2.67 bits per heavy atom. The van der Waals surface area contributed by atoms with Crippen molar-refractivity contribution in [2.75, 3.05) is 6.26 Å². The van der Waals surface area contributed by atoms with Gasteiger partial charge in [-0.3, -0.25) is 10.1 Å². The molecule has 0 spiro atoms. The van der Waals surface area contributed by atoms with Crippen molar-refractivity contribution < 1.29 is 14.1 Å². The summed E-state index contributed by atoms with van der Waals surface area (Å²) in [5.41, 5.74) is -0.0685. The molecule has 0 bridgehead atoms. The van der Waals surface area contributed by atoms with Gasteiger partial charge in [-0.2, -0.15) is 5.26 Å². The molecule has 0 fully saturated rings. The highest BCUT2D eigenvalue weighted by Gasteiger charge is 2.15. The fourth-order valence-electron chi connectivity index (χ4n) is 1.68. The summed E-state index contributed by atoms with van der Waals surface area (Å²) in [6.45, 7) is 0. The molecule has 21 heavy (non-hydrogen) atoms. The summed E-state index contributed by atoms with van der Waals surface area (Å²) >= 11 is 1.37. The lowest BCUT2D eigenvalue weighted by Crippen LogP contribution is -1.94. The van der Waals surface area contributed by atoms with Gasteiger partial charge in [-0.05, 0) is 24.5 Å². The summed E-state index contributed by atoms with van der Waals surface area (Å²) in [4.78, 5) is 10.6. The number of ether oxygens (including phenoxy) is 1. The number of benzene rings is 2. The molecule has 0 aromatic heterocycles. The van der Waals surface area contributed by atoms with Crippen LogP contribution in [-0.4, -0.2) is 11.2 Å². The van der Waals surface area contributed by atoms with E-state index in [-0.39, 0.29) is 17.2 Å². The van der Waals surface area contributed by atoms with Crippen molar-refractivity contribution in [3.05, 3.63) is 57.9 Å². The molecule has 0 aliphatic carbocycles. The van der Waals surface area contributed by atoms with Crippen LogP contribution < -0.4 is 4.74 Å². The van der Waals surface area contributed by atoms with Gasteiger partial charge in [0.2, 0.25) is 0 Å². The predicted molar refractivity (Wildman–Crippen MR) is 76.1 cm³/mol. The second-order valence-corrected chi connectivity index (χ2v) is 4.77. The van der Waals surface area contributed by atoms with E-state index in [0.717, 1.165) is 12.1 Å². The van der Waals surface area contributed by atoms with Crippen molar-refractivity contribution in [1.29, 1.82) is 5.26 Å². The molecule has 0 heterocycles. The van der Waals surface area contributed by atoms with Gasteiger partial charge in [0.15, 0.2) is 11.6 Å². The van der Waals surface area contributed by atoms with Gasteiger partial charge in [0.05, 0.1) is 11.0 Å². The van der Waals surface area contributed by atoms with Gasteiger partial charge in [-0.15, -0.1) is 11.8 Å². The number of nitriles is 1. The number of halogens is 1. The van der Waals surface area contributed by atoms with E-state index in [0.29, 0.717) is 10.5 Å². The summed E-state index contributed by atoms with van der Waals surface area (Å²) in [7, 11) is 0. The van der Waals surface area contributed by atoms with E-state index in [1.54, 1.807) is 18.2 Å². The maximum absolute atomic E-state index is 13.8. The Labute approximate surface area is 124 Å². The van der Waals surface area contributed by atoms with Crippen molar-refractivity contribution in [2.24, 2.45) is 0 Å². The number of nitro groups is 1. The number of hydrogen-bond donors (Lipinski definition) is 0. The first kappa shape index (κ1) is 14.8. The van der Waals surface area contributed by atoms with Crippen LogP contribution in [0.1, 0.15) is 5.56 Å². The zero-order valence-electron chi connectivity index (χ0n) is 10.9. The second-order valence-electron chi connectivity index (χ2n) is 3.92. The van der Waals surface area contributed by atoms with E-state index in [4.69, 9.17) is 10.00 Å². The largest absolute Gasteiger partial charge is 0.453 e. The first-order valence-electron chi connectivity index (χ1n) is 5.75. The third kappa shape index (κ3) is 3.12. The van der Waals surface area contributed by atoms with E-state index < -0.39 is 10.7 Å². The Hall–Kier alpha value is -2.59. The Morgan fingerprint density at radius 2 is 2.10 bits per heavy atom. The molecule has 0 saturated carbocycles. The quantitative estimate of drug-likeness (QED) is 0.482. The highest BCUT2D eigenvalue weighted by Crippen LogP contribution is 2.33. The molecule has 0 aliphatic rings. The molecule has 0 aliphatic heterocycles. The average molecular weight is 304 g/mol. The van der Waals surface area contributed by atoms with Crippen LogP contribution >= 0.6 is 11.8 Å². The number of nitrogens with zero attached hydrogens (tertiary/aromatic N) is 2. The van der Waals surface area contributed by atoms with Gasteiger partial charge in [0.1, 0.15) is 17.4 Å². The number of nitro benzene ring substituents is 1. The topological polar surface area (TPSA) is 76.2 Å². The lowest BCUT2D eigenvalue weighted by atomic mass is 10.2. The van der Waals surface area contributed by atoms with Gasteiger partial charge < -0.3 is 4.74 Å². The maximum atomic E-state index is 13.8. The molecule has 2 aromatic carbocycles. The highest BCUT2D eigenvalue weighted by atomic mass is 32.2. The molecule has 5 nitrogen and oxygen atoms in total. The zero-order valence-corrected chi connectivity index (χ0v) is 11.7. The third-order valence-corrected chi connectivity index (χ3v) is 3.45. The van der Waals surface area contributed by atoms with Crippen LogP contribution in [0.15, 0.2) is 41.3 Å². The van der Waals surface area contributed by atoms with Crippen LogP contribution in [0.4, 0.5) is 10.1 Å². The standard InChI is InChI=1S/C14H9FN2O3S/c1-21-14-4-2-3-12(10(14)8-16)20-13-6-5-9(17(18)19)7-11(13)15/h2-7H,1H3. The number of non-ortho nitro benzene ring substituents is 1. The van der Waals surface area contributed by atoms with E-state index >= 15 is 0 Å². The van der Waals surface area contributed by atoms with Crippen LogP contribution in [-0.2, 0) is 0 Å². The SMILES string of the molecule is CSc1cccc(Oc2ccc([N+](=O)[O-])cc2F)c1C#N. The molecule has 0 saturated heterocycles. The van der Waals surface area contributed by atoms with Crippen LogP contribution in [0.5, 0.6) is 11.5 Å². The van der Waals surface area contributed by atoms with Crippen molar-refractivity contribution in [3.63, 3.8) is 0 Å². The molecule has 2 aromatic rings. The summed E-state index contributed by atoms with van der Waals surface area (Å²) in [6, 6.07) is 10.1. The third-order valence-electron chi connectivity index (χ3n) is 2.67. The molecule has 106 valence electrons. The first-order chi connectivity index (χ1) is 10.1. The predicted octanol–water partition coefficient (Wildman–Crippen LogP) is 4.12. The van der Waals surface area contributed by atoms with Crippen LogP contribution in [0.3, 0.4) is 0 Å². The fourth-order valence-corrected chi connectivity index (χ4v) is 2.25. The maximum Gasteiger partial charge on any atom is 0.272 e. The number of rotatable bonds is 4. The van der Waals surface area contributed by atoms with Crippen molar-refractivity contribution in [3.8, 4) is 17.6 Å². The Balaban J connectivity index is 2.39. The lowest BCUT2D eigenvalue weighted by Gasteiger charge is -2.10. The molecule has 0 atom stereocenters. The van der Waals surface area contributed by atoms with E-state index in [1.807, 2.05) is 12.3 Å². The molecule has 0 radical (unpaired) electrons. The summed E-state index contributed by atoms with van der Waals surface area (Å²) in [6.07, 6.45) is 1.81. The summed E-state index contributed by atoms with van der Waals surface area (Å²) in [5.74, 6) is -0.824. The highest BCUT2D eigenvalue weighted by molar-refractivity contribution is 7.98. The van der Waals surface area contributed by atoms with Crippen LogP contribution in [0.2, 0.25) is 0 Å². The number of thioether (sulfide) groups is 1. The number of hydrogen-bond acceptors (Lipinski definition) is 5. The van der Waals surface area contributed by atoms with Gasteiger partial charge in [0, 0.05) is 11.0 Å². The Kier molecular flexibility index (Phi) is 4.40. The summed E-state index contributed by atoms with van der Waals surface area (Å²) in [5, 5.41) is 19.7. The van der Waals surface area contributed by atoms with Crippen molar-refractivity contribution in [2.45, 2.75) is 4.90 Å². The fraction of sp³-hybridized carbons (Fsp3) is 0.0714. The first-order valence-corrected chi connectivity index (χ1v) is 6.98. The van der Waals surface area contributed by atoms with Gasteiger partial charge in [-0.25, -0.2) is 4.39 Å². The van der Waals surface area contributed by atoms with Crippen LogP contribution in [0.25, 0.3) is 0 Å². The molecular weight excluding hydrogens is 295 g/mol. The molecular formula is C14H9FN2O3S. The lowest BCUT2D eigenvalue weighted by molar-refractivity contribution is -0.385. The van der Waals surface area contributed by atoms with Gasteiger partial charge in [0.25, 0.3) is 5.69 Å². The van der Waals surface area contributed by atoms with Crippen LogP contribution in [0, 0.1) is 27.3 Å². The van der Waals surface area contributed by atoms with E-state index in [1.165, 1.54) is 17.8 Å². The Bertz CT molecular complexity index is 743. The normalized spacial score (nSPS) is 9.95. The molecule has 0 N–H and O–H groups in total. The molecule has 2 rings (SSSR count). The minimum absolute atomic E-state index is 0.171. The minimum atomic E-state index is -0.859. The molecule has 7 heteroatoms. The molecule has 0 amide bonds. The smallest absolute Gasteiger partial charge is 0.272 e. The summed E-state index contributed by atoms with van der Waals surface area (Å²) < 4.78 is 19.2. The second kappa shape index (κ2) is 6.24. The van der Waals surface area contributed by atoms with E-state index in [2.05, 4.69) is 0 Å². The van der Waals surface area contributed by atoms with E-state index in [9.17, 15) is 14.5 Å². The van der Waals surface area contributed by atoms with Crippen molar-refractivity contribution >= 4 is 17.4 Å². The van der Waals surface area contributed by atoms with Gasteiger partial charge in [-0.1, -0.05) is 6.07 Å². The molecule has 0 unspecified atom stereocenters. The van der Waals surface area contributed by atoms with Crippen molar-refractivity contribution in [1.82, 2.24) is 0 Å². The monoisotopic (exact) mass is 304 g/mol. The average Bonchev–Trinajstić information content (AvgIpc) is 2.48.